The number of benzene rings is 1. The van der Waals surface area contributed by atoms with Crippen molar-refractivity contribution < 1.29 is 9.59 Å². The lowest BCUT2D eigenvalue weighted by atomic mass is 9.89. The second-order valence-electron chi connectivity index (χ2n) is 6.91. The number of rotatable bonds is 3. The molecule has 2 heterocycles. The molecule has 2 amide bonds. The van der Waals surface area contributed by atoms with Gasteiger partial charge in [-0.25, -0.2) is 0 Å². The smallest absolute Gasteiger partial charge is 0.239 e. The number of fused-ring (bicyclic) bond motifs is 1. The fraction of sp³-hybridized carbons (Fsp3) is 0.556. The minimum atomic E-state index is -0.451. The molecule has 2 atom stereocenters. The SMILES string of the molecule is CC(C1CCN(C(=O)[C@H](C)N)CC1)N1C(=O)Cc2ccc(Cl)cc21. The predicted molar refractivity (Wildman–Crippen MR) is 95.1 cm³/mol. The number of nitrogens with zero attached hydrogens (tertiary/aromatic N) is 2. The molecule has 6 heteroatoms. The van der Waals surface area contributed by atoms with Crippen molar-refractivity contribution in [2.24, 2.45) is 11.7 Å². The van der Waals surface area contributed by atoms with Crippen molar-refractivity contribution >= 4 is 29.1 Å². The van der Waals surface area contributed by atoms with E-state index in [1.54, 1.807) is 6.92 Å². The van der Waals surface area contributed by atoms with E-state index < -0.39 is 6.04 Å². The fourth-order valence-electron chi connectivity index (χ4n) is 3.84. The Kier molecular flexibility index (Phi) is 4.83. The van der Waals surface area contributed by atoms with Crippen molar-refractivity contribution in [2.45, 2.75) is 45.2 Å². The van der Waals surface area contributed by atoms with E-state index in [0.717, 1.165) is 24.1 Å². The van der Waals surface area contributed by atoms with Gasteiger partial charge in [-0.2, -0.15) is 0 Å². The van der Waals surface area contributed by atoms with Gasteiger partial charge in [0.2, 0.25) is 11.8 Å². The molecule has 0 saturated carbocycles. The van der Waals surface area contributed by atoms with Crippen LogP contribution in [0, 0.1) is 5.92 Å². The van der Waals surface area contributed by atoms with Crippen molar-refractivity contribution in [3.05, 3.63) is 28.8 Å². The van der Waals surface area contributed by atoms with Crippen molar-refractivity contribution in [1.29, 1.82) is 0 Å². The monoisotopic (exact) mass is 349 g/mol. The number of anilines is 1. The summed E-state index contributed by atoms with van der Waals surface area (Å²) in [6, 6.07) is 5.30. The molecule has 1 saturated heterocycles. The zero-order chi connectivity index (χ0) is 17.4. The first kappa shape index (κ1) is 17.2. The van der Waals surface area contributed by atoms with Gasteiger partial charge in [0.1, 0.15) is 0 Å². The van der Waals surface area contributed by atoms with Crippen LogP contribution < -0.4 is 10.6 Å². The highest BCUT2D eigenvalue weighted by Gasteiger charge is 2.36. The zero-order valence-electron chi connectivity index (χ0n) is 14.2. The number of halogens is 1. The first-order valence-electron chi connectivity index (χ1n) is 8.53. The van der Waals surface area contributed by atoms with E-state index in [1.165, 1.54) is 0 Å². The summed E-state index contributed by atoms with van der Waals surface area (Å²) < 4.78 is 0. The lowest BCUT2D eigenvalue weighted by molar-refractivity contribution is -0.133. The lowest BCUT2D eigenvalue weighted by Gasteiger charge is -2.39. The summed E-state index contributed by atoms with van der Waals surface area (Å²) in [5.41, 5.74) is 7.67. The van der Waals surface area contributed by atoms with E-state index in [9.17, 15) is 9.59 Å². The minimum Gasteiger partial charge on any atom is -0.341 e. The van der Waals surface area contributed by atoms with Gasteiger partial charge in [0, 0.05) is 29.8 Å². The molecule has 1 aromatic carbocycles. The second kappa shape index (κ2) is 6.73. The molecular weight excluding hydrogens is 326 g/mol. The van der Waals surface area contributed by atoms with E-state index >= 15 is 0 Å². The molecule has 130 valence electrons. The molecular formula is C18H24ClN3O2. The number of carbonyl (C=O) groups is 2. The van der Waals surface area contributed by atoms with Gasteiger partial charge in [0.15, 0.2) is 0 Å². The van der Waals surface area contributed by atoms with Gasteiger partial charge in [0.25, 0.3) is 0 Å². The molecule has 2 aliphatic heterocycles. The molecule has 24 heavy (non-hydrogen) atoms. The Bertz CT molecular complexity index is 654. The van der Waals surface area contributed by atoms with Crippen LogP contribution in [0.25, 0.3) is 0 Å². The lowest BCUT2D eigenvalue weighted by Crippen LogP contribution is -2.49. The third-order valence-corrected chi connectivity index (χ3v) is 5.48. The molecule has 0 radical (unpaired) electrons. The largest absolute Gasteiger partial charge is 0.341 e. The van der Waals surface area contributed by atoms with Crippen LogP contribution in [0.1, 0.15) is 32.3 Å². The number of amides is 2. The van der Waals surface area contributed by atoms with Crippen LogP contribution in [0.15, 0.2) is 18.2 Å². The summed E-state index contributed by atoms with van der Waals surface area (Å²) in [6.07, 6.45) is 2.22. The van der Waals surface area contributed by atoms with E-state index in [2.05, 4.69) is 6.92 Å². The van der Waals surface area contributed by atoms with Gasteiger partial charge in [-0.1, -0.05) is 17.7 Å². The molecule has 5 nitrogen and oxygen atoms in total. The van der Waals surface area contributed by atoms with Crippen molar-refractivity contribution in [2.75, 3.05) is 18.0 Å². The summed E-state index contributed by atoms with van der Waals surface area (Å²) in [5.74, 6) is 0.514. The molecule has 2 aliphatic rings. The molecule has 0 aromatic heterocycles. The number of piperidine rings is 1. The maximum Gasteiger partial charge on any atom is 0.239 e. The number of hydrogen-bond donors (Lipinski definition) is 1. The Balaban J connectivity index is 1.70. The summed E-state index contributed by atoms with van der Waals surface area (Å²) in [5, 5.41) is 0.651. The zero-order valence-corrected chi connectivity index (χ0v) is 14.9. The molecule has 0 spiro atoms. The Labute approximate surface area is 147 Å². The summed E-state index contributed by atoms with van der Waals surface area (Å²) in [7, 11) is 0. The molecule has 0 aliphatic carbocycles. The van der Waals surface area contributed by atoms with Crippen LogP contribution in [-0.4, -0.2) is 41.9 Å². The average molecular weight is 350 g/mol. The van der Waals surface area contributed by atoms with Crippen LogP contribution in [0.3, 0.4) is 0 Å². The van der Waals surface area contributed by atoms with Gasteiger partial charge in [0.05, 0.1) is 12.5 Å². The predicted octanol–water partition coefficient (Wildman–Crippen LogP) is 2.20. The van der Waals surface area contributed by atoms with Crippen LogP contribution >= 0.6 is 11.6 Å². The van der Waals surface area contributed by atoms with Crippen LogP contribution in [0.5, 0.6) is 0 Å². The molecule has 1 aromatic rings. The fourth-order valence-corrected chi connectivity index (χ4v) is 4.01. The van der Waals surface area contributed by atoms with Gasteiger partial charge >= 0.3 is 0 Å². The normalized spacial score (nSPS) is 20.9. The Morgan fingerprint density at radius 2 is 1.96 bits per heavy atom. The van der Waals surface area contributed by atoms with Crippen LogP contribution in [0.2, 0.25) is 5.02 Å². The first-order valence-corrected chi connectivity index (χ1v) is 8.91. The Hall–Kier alpha value is -1.59. The number of likely N-dealkylation sites (tertiary alicyclic amines) is 1. The molecule has 1 unspecified atom stereocenters. The minimum absolute atomic E-state index is 0.00970. The van der Waals surface area contributed by atoms with Crippen LogP contribution in [0.4, 0.5) is 5.69 Å². The molecule has 2 N–H and O–H groups in total. The van der Waals surface area contributed by atoms with E-state index in [-0.39, 0.29) is 17.9 Å². The average Bonchev–Trinajstić information content (AvgIpc) is 2.88. The van der Waals surface area contributed by atoms with Crippen LogP contribution in [-0.2, 0) is 16.0 Å². The molecule has 0 bridgehead atoms. The number of hydrogen-bond acceptors (Lipinski definition) is 3. The maximum atomic E-state index is 12.5. The van der Waals surface area contributed by atoms with Gasteiger partial charge in [-0.3, -0.25) is 9.59 Å². The van der Waals surface area contributed by atoms with Crippen molar-refractivity contribution in [3.8, 4) is 0 Å². The summed E-state index contributed by atoms with van der Waals surface area (Å²) >= 11 is 6.12. The maximum absolute atomic E-state index is 12.5. The number of nitrogens with two attached hydrogens (primary N) is 1. The van der Waals surface area contributed by atoms with Gasteiger partial charge in [-0.05, 0) is 50.3 Å². The molecule has 3 rings (SSSR count). The summed E-state index contributed by atoms with van der Waals surface area (Å²) in [6.45, 7) is 5.24. The Morgan fingerprint density at radius 1 is 1.29 bits per heavy atom. The highest BCUT2D eigenvalue weighted by molar-refractivity contribution is 6.31. The summed E-state index contributed by atoms with van der Waals surface area (Å²) in [4.78, 5) is 28.2. The van der Waals surface area contributed by atoms with E-state index in [0.29, 0.717) is 30.5 Å². The second-order valence-corrected chi connectivity index (χ2v) is 7.34. The van der Waals surface area contributed by atoms with Crippen molar-refractivity contribution in [1.82, 2.24) is 4.90 Å². The highest BCUT2D eigenvalue weighted by Crippen LogP contribution is 2.36. The van der Waals surface area contributed by atoms with Gasteiger partial charge < -0.3 is 15.5 Å². The van der Waals surface area contributed by atoms with E-state index in [1.807, 2.05) is 28.0 Å². The highest BCUT2D eigenvalue weighted by atomic mass is 35.5. The third kappa shape index (κ3) is 3.15. The quantitative estimate of drug-likeness (QED) is 0.909. The third-order valence-electron chi connectivity index (χ3n) is 5.25. The molecule has 1 fully saturated rings. The Morgan fingerprint density at radius 3 is 2.58 bits per heavy atom. The number of carbonyl (C=O) groups excluding carboxylic acids is 2. The topological polar surface area (TPSA) is 66.6 Å². The van der Waals surface area contributed by atoms with E-state index in [4.69, 9.17) is 17.3 Å². The standard InChI is InChI=1S/C18H24ClN3O2/c1-11(20)18(24)21-7-5-13(6-8-21)12(2)22-16-10-15(19)4-3-14(16)9-17(22)23/h3-4,10-13H,5-9,20H2,1-2H3/t11-,12?/m0/s1. The van der Waals surface area contributed by atoms with Crippen molar-refractivity contribution in [3.63, 3.8) is 0 Å². The first-order chi connectivity index (χ1) is 11.4. The van der Waals surface area contributed by atoms with Gasteiger partial charge in [-0.15, -0.1) is 0 Å².